The molecule has 0 saturated heterocycles. The number of fused-ring (bicyclic) bond motifs is 1. The highest BCUT2D eigenvalue weighted by Crippen LogP contribution is 2.24. The van der Waals surface area contributed by atoms with Crippen molar-refractivity contribution in [3.8, 4) is 0 Å². The van der Waals surface area contributed by atoms with Crippen LogP contribution in [-0.2, 0) is 11.3 Å². The Balaban J connectivity index is 1.40. The molecule has 1 aromatic heterocycles. The van der Waals surface area contributed by atoms with Gasteiger partial charge in [-0.15, -0.1) is 0 Å². The SMILES string of the molecule is c1ccc(N(CCOCc2cc3ccccc3o2)c2ccccc2)cc1. The summed E-state index contributed by atoms with van der Waals surface area (Å²) in [5.74, 6) is 0.858. The minimum Gasteiger partial charge on any atom is -0.459 e. The molecular weight excluding hydrogens is 322 g/mol. The highest BCUT2D eigenvalue weighted by Gasteiger charge is 2.09. The van der Waals surface area contributed by atoms with Crippen molar-refractivity contribution in [1.29, 1.82) is 0 Å². The number of benzene rings is 3. The third-order valence-corrected chi connectivity index (χ3v) is 4.32. The molecule has 0 unspecified atom stereocenters. The van der Waals surface area contributed by atoms with E-state index in [4.69, 9.17) is 9.15 Å². The van der Waals surface area contributed by atoms with Crippen molar-refractivity contribution in [3.05, 3.63) is 96.8 Å². The summed E-state index contributed by atoms with van der Waals surface area (Å²) in [6, 6.07) is 30.8. The van der Waals surface area contributed by atoms with Gasteiger partial charge >= 0.3 is 0 Å². The van der Waals surface area contributed by atoms with Gasteiger partial charge in [-0.05, 0) is 36.4 Å². The van der Waals surface area contributed by atoms with Crippen molar-refractivity contribution in [2.45, 2.75) is 6.61 Å². The molecule has 0 amide bonds. The summed E-state index contributed by atoms with van der Waals surface area (Å²) in [6.45, 7) is 1.86. The predicted molar refractivity (Wildman–Crippen MR) is 106 cm³/mol. The lowest BCUT2D eigenvalue weighted by Gasteiger charge is -2.24. The van der Waals surface area contributed by atoms with E-state index in [2.05, 4.69) is 59.5 Å². The van der Waals surface area contributed by atoms with Crippen LogP contribution in [0.3, 0.4) is 0 Å². The molecule has 0 aliphatic carbocycles. The highest BCUT2D eigenvalue weighted by atomic mass is 16.5. The molecule has 3 nitrogen and oxygen atoms in total. The van der Waals surface area contributed by atoms with Gasteiger partial charge in [0.05, 0.1) is 6.61 Å². The molecule has 0 bridgehead atoms. The van der Waals surface area contributed by atoms with Crippen molar-refractivity contribution in [2.24, 2.45) is 0 Å². The van der Waals surface area contributed by atoms with Gasteiger partial charge in [0.15, 0.2) is 0 Å². The smallest absolute Gasteiger partial charge is 0.134 e. The molecule has 3 aromatic carbocycles. The van der Waals surface area contributed by atoms with Crippen LogP contribution in [0.25, 0.3) is 11.0 Å². The van der Waals surface area contributed by atoms with E-state index in [1.165, 1.54) is 0 Å². The van der Waals surface area contributed by atoms with E-state index < -0.39 is 0 Å². The molecule has 0 spiro atoms. The number of anilines is 2. The lowest BCUT2D eigenvalue weighted by Crippen LogP contribution is -2.22. The fourth-order valence-electron chi connectivity index (χ4n) is 3.06. The minimum atomic E-state index is 0.478. The van der Waals surface area contributed by atoms with Crippen molar-refractivity contribution in [1.82, 2.24) is 0 Å². The molecule has 0 aliphatic heterocycles. The van der Waals surface area contributed by atoms with E-state index in [1.807, 2.05) is 36.4 Å². The molecule has 26 heavy (non-hydrogen) atoms. The average molecular weight is 343 g/mol. The first kappa shape index (κ1) is 16.4. The molecule has 3 heteroatoms. The van der Waals surface area contributed by atoms with Gasteiger partial charge in [0, 0.05) is 23.3 Å². The summed E-state index contributed by atoms with van der Waals surface area (Å²) in [5.41, 5.74) is 3.22. The zero-order valence-corrected chi connectivity index (χ0v) is 14.5. The summed E-state index contributed by atoms with van der Waals surface area (Å²) in [5, 5.41) is 1.11. The summed E-state index contributed by atoms with van der Waals surface area (Å²) in [6.07, 6.45) is 0. The maximum atomic E-state index is 5.89. The van der Waals surface area contributed by atoms with Crippen molar-refractivity contribution in [2.75, 3.05) is 18.1 Å². The molecule has 4 rings (SSSR count). The molecule has 0 fully saturated rings. The van der Waals surface area contributed by atoms with Gasteiger partial charge in [0.25, 0.3) is 0 Å². The van der Waals surface area contributed by atoms with Gasteiger partial charge in [0.1, 0.15) is 18.0 Å². The highest BCUT2D eigenvalue weighted by molar-refractivity contribution is 5.77. The first-order chi connectivity index (χ1) is 12.9. The minimum absolute atomic E-state index is 0.478. The first-order valence-corrected chi connectivity index (χ1v) is 8.83. The topological polar surface area (TPSA) is 25.6 Å². The predicted octanol–water partition coefficient (Wildman–Crippen LogP) is 5.79. The van der Waals surface area contributed by atoms with Crippen LogP contribution in [0, 0.1) is 0 Å². The van der Waals surface area contributed by atoms with E-state index in [0.29, 0.717) is 13.2 Å². The summed E-state index contributed by atoms with van der Waals surface area (Å²) >= 11 is 0. The Morgan fingerprint density at radius 1 is 0.731 bits per heavy atom. The number of ether oxygens (including phenoxy) is 1. The Labute approximate surface area is 153 Å². The molecule has 0 N–H and O–H groups in total. The van der Waals surface area contributed by atoms with Crippen molar-refractivity contribution < 1.29 is 9.15 Å². The lowest BCUT2D eigenvalue weighted by atomic mass is 10.2. The Morgan fingerprint density at radius 3 is 2.00 bits per heavy atom. The van der Waals surface area contributed by atoms with Crippen LogP contribution in [-0.4, -0.2) is 13.2 Å². The van der Waals surface area contributed by atoms with E-state index in [0.717, 1.165) is 34.6 Å². The largest absolute Gasteiger partial charge is 0.459 e. The quantitative estimate of drug-likeness (QED) is 0.397. The van der Waals surface area contributed by atoms with Crippen LogP contribution in [0.4, 0.5) is 11.4 Å². The van der Waals surface area contributed by atoms with Gasteiger partial charge in [-0.2, -0.15) is 0 Å². The number of rotatable bonds is 7. The fourth-order valence-corrected chi connectivity index (χ4v) is 3.06. The van der Waals surface area contributed by atoms with E-state index in [9.17, 15) is 0 Å². The number of hydrogen-bond acceptors (Lipinski definition) is 3. The van der Waals surface area contributed by atoms with Crippen LogP contribution < -0.4 is 4.90 Å². The Bertz CT molecular complexity index is 875. The number of nitrogens with zero attached hydrogens (tertiary/aromatic N) is 1. The Hall–Kier alpha value is -3.04. The maximum Gasteiger partial charge on any atom is 0.134 e. The number of furan rings is 1. The summed E-state index contributed by atoms with van der Waals surface area (Å²) in [7, 11) is 0. The second-order valence-electron chi connectivity index (χ2n) is 6.13. The van der Waals surface area contributed by atoms with Crippen molar-refractivity contribution in [3.63, 3.8) is 0 Å². The first-order valence-electron chi connectivity index (χ1n) is 8.83. The third kappa shape index (κ3) is 3.79. The zero-order valence-electron chi connectivity index (χ0n) is 14.5. The Morgan fingerprint density at radius 2 is 1.35 bits per heavy atom. The van der Waals surface area contributed by atoms with E-state index in [1.54, 1.807) is 0 Å². The molecule has 4 aromatic rings. The Kier molecular flexibility index (Phi) is 4.99. The molecule has 0 aliphatic rings. The molecule has 0 atom stereocenters. The molecule has 1 heterocycles. The molecule has 130 valence electrons. The molecular formula is C23H21NO2. The zero-order chi connectivity index (χ0) is 17.6. The van der Waals surface area contributed by atoms with Gasteiger partial charge < -0.3 is 14.1 Å². The van der Waals surface area contributed by atoms with Gasteiger partial charge in [0.2, 0.25) is 0 Å². The second kappa shape index (κ2) is 7.89. The van der Waals surface area contributed by atoms with Gasteiger partial charge in [-0.3, -0.25) is 0 Å². The van der Waals surface area contributed by atoms with Gasteiger partial charge in [-0.25, -0.2) is 0 Å². The maximum absolute atomic E-state index is 5.89. The summed E-state index contributed by atoms with van der Waals surface area (Å²) < 4.78 is 11.7. The summed E-state index contributed by atoms with van der Waals surface area (Å²) in [4.78, 5) is 2.26. The van der Waals surface area contributed by atoms with E-state index >= 15 is 0 Å². The van der Waals surface area contributed by atoms with Gasteiger partial charge in [-0.1, -0.05) is 54.6 Å². The average Bonchev–Trinajstić information content (AvgIpc) is 3.12. The molecule has 0 radical (unpaired) electrons. The second-order valence-corrected chi connectivity index (χ2v) is 6.13. The molecule has 0 saturated carbocycles. The fraction of sp³-hybridized carbons (Fsp3) is 0.130. The van der Waals surface area contributed by atoms with Crippen LogP contribution in [0.2, 0.25) is 0 Å². The van der Waals surface area contributed by atoms with Crippen molar-refractivity contribution >= 4 is 22.3 Å². The van der Waals surface area contributed by atoms with Crippen LogP contribution in [0.1, 0.15) is 5.76 Å². The standard InChI is InChI=1S/C23H21NO2/c1-3-10-20(11-4-1)24(21-12-5-2-6-13-21)15-16-25-18-22-17-19-9-7-8-14-23(19)26-22/h1-14,17H,15-16,18H2. The monoisotopic (exact) mass is 343 g/mol. The van der Waals surface area contributed by atoms with Crippen LogP contribution >= 0.6 is 0 Å². The lowest BCUT2D eigenvalue weighted by molar-refractivity contribution is 0.114. The number of para-hydroxylation sites is 3. The van der Waals surface area contributed by atoms with Crippen LogP contribution in [0.15, 0.2) is 95.4 Å². The van der Waals surface area contributed by atoms with Crippen LogP contribution in [0.5, 0.6) is 0 Å². The van der Waals surface area contributed by atoms with E-state index in [-0.39, 0.29) is 0 Å². The number of hydrogen-bond donors (Lipinski definition) is 0. The normalized spacial score (nSPS) is 10.9. The third-order valence-electron chi connectivity index (χ3n) is 4.32.